The van der Waals surface area contributed by atoms with Crippen LogP contribution in [-0.4, -0.2) is 95.4 Å². The van der Waals surface area contributed by atoms with Crippen LogP contribution in [0.3, 0.4) is 0 Å². The lowest BCUT2D eigenvalue weighted by Gasteiger charge is -2.61. The molecular formula is C28H37N3O7. The molecule has 1 amide bonds. The second-order valence-corrected chi connectivity index (χ2v) is 12.3. The SMILES string of the molecule is CN(C)CCCc1ccc(O)c2c1C[C@@]1(C)C[C@@]3(C)[C@H](N(C)C)C(=O)C(C(N)=O)C(=O)[C@@]3(O)C(=O)C1C2=O. The van der Waals surface area contributed by atoms with E-state index in [2.05, 4.69) is 4.90 Å². The molecule has 1 aromatic rings. The summed E-state index contributed by atoms with van der Waals surface area (Å²) in [5.41, 5.74) is 1.50. The highest BCUT2D eigenvalue weighted by Gasteiger charge is 2.76. The van der Waals surface area contributed by atoms with Crippen molar-refractivity contribution >= 4 is 29.0 Å². The molecule has 38 heavy (non-hydrogen) atoms. The molecule has 6 atom stereocenters. The van der Waals surface area contributed by atoms with Gasteiger partial charge in [0, 0.05) is 5.41 Å². The van der Waals surface area contributed by atoms with Crippen molar-refractivity contribution in [3.63, 3.8) is 0 Å². The maximum atomic E-state index is 14.2. The van der Waals surface area contributed by atoms with Gasteiger partial charge in [-0.05, 0) is 83.0 Å². The predicted octanol–water partition coefficient (Wildman–Crippen LogP) is 0.141. The van der Waals surface area contributed by atoms with Gasteiger partial charge in [0.15, 0.2) is 34.7 Å². The standard InChI is InChI=1S/C28H37N3O7/c1-26-12-15-14(8-7-11-30(3)4)9-10-16(32)17(15)20(33)19(26)24(36)28(38)23(35)18(25(29)37)21(34)22(31(5)6)27(28,2)13-26/h9-10,18-19,22,32,38H,7-8,11-13H2,1-6H3,(H2,29,37)/t18?,19?,22-,26+,27+,28-/m1/s1. The minimum Gasteiger partial charge on any atom is -0.507 e. The number of Topliss-reactive ketones (excluding diaryl/α,β-unsaturated/α-hetero) is 4. The first-order valence-electron chi connectivity index (χ1n) is 12.9. The van der Waals surface area contributed by atoms with Gasteiger partial charge in [-0.25, -0.2) is 0 Å². The molecule has 0 aromatic heterocycles. The number of amides is 1. The molecule has 0 aliphatic heterocycles. The van der Waals surface area contributed by atoms with Crippen LogP contribution in [0.4, 0.5) is 0 Å². The van der Waals surface area contributed by atoms with Gasteiger partial charge in [-0.3, -0.25) is 28.9 Å². The van der Waals surface area contributed by atoms with Crippen LogP contribution in [0.1, 0.15) is 48.2 Å². The first-order chi connectivity index (χ1) is 17.5. The van der Waals surface area contributed by atoms with Crippen LogP contribution in [0.2, 0.25) is 0 Å². The number of carbonyl (C=O) groups is 5. The van der Waals surface area contributed by atoms with Crippen LogP contribution < -0.4 is 5.73 Å². The highest BCUT2D eigenvalue weighted by atomic mass is 16.3. The smallest absolute Gasteiger partial charge is 0.235 e. The molecule has 10 nitrogen and oxygen atoms in total. The average Bonchev–Trinajstić information content (AvgIpc) is 2.77. The molecule has 1 aromatic carbocycles. The predicted molar refractivity (Wildman–Crippen MR) is 137 cm³/mol. The second-order valence-electron chi connectivity index (χ2n) is 12.3. The molecular weight excluding hydrogens is 490 g/mol. The van der Waals surface area contributed by atoms with E-state index < -0.39 is 63.3 Å². The number of primary amides is 1. The molecule has 3 aliphatic carbocycles. The number of benzene rings is 1. The molecule has 2 saturated carbocycles. The Kier molecular flexibility index (Phi) is 6.70. The van der Waals surface area contributed by atoms with Gasteiger partial charge >= 0.3 is 0 Å². The summed E-state index contributed by atoms with van der Waals surface area (Å²) >= 11 is 0. The third-order valence-electron chi connectivity index (χ3n) is 9.02. The topological polar surface area (TPSA) is 158 Å². The zero-order chi connectivity index (χ0) is 28.5. The summed E-state index contributed by atoms with van der Waals surface area (Å²) in [5, 5.41) is 22.7. The van der Waals surface area contributed by atoms with Gasteiger partial charge in [-0.1, -0.05) is 19.9 Å². The Morgan fingerprint density at radius 3 is 2.26 bits per heavy atom. The molecule has 3 aliphatic rings. The number of rotatable bonds is 6. The van der Waals surface area contributed by atoms with E-state index in [1.807, 2.05) is 14.1 Å². The quantitative estimate of drug-likeness (QED) is 0.438. The summed E-state index contributed by atoms with van der Waals surface area (Å²) in [6, 6.07) is 2.05. The number of phenols is 1. The summed E-state index contributed by atoms with van der Waals surface area (Å²) in [6.45, 7) is 4.09. The highest BCUT2D eigenvalue weighted by molar-refractivity contribution is 6.33. The van der Waals surface area contributed by atoms with Crippen molar-refractivity contribution in [3.8, 4) is 5.75 Å². The minimum atomic E-state index is -2.79. The molecule has 0 heterocycles. The first-order valence-corrected chi connectivity index (χ1v) is 12.9. The molecule has 4 N–H and O–H groups in total. The van der Waals surface area contributed by atoms with Crippen molar-refractivity contribution in [1.29, 1.82) is 0 Å². The van der Waals surface area contributed by atoms with E-state index in [-0.39, 0.29) is 24.2 Å². The van der Waals surface area contributed by atoms with Crippen LogP contribution in [0, 0.1) is 22.7 Å². The van der Waals surface area contributed by atoms with Crippen molar-refractivity contribution in [2.24, 2.45) is 28.4 Å². The lowest BCUT2D eigenvalue weighted by atomic mass is 9.42. The van der Waals surface area contributed by atoms with Crippen molar-refractivity contribution in [2.75, 3.05) is 34.7 Å². The fourth-order valence-electron chi connectivity index (χ4n) is 7.60. The number of carbonyl (C=O) groups excluding carboxylic acids is 5. The van der Waals surface area contributed by atoms with Crippen LogP contribution in [-0.2, 0) is 32.0 Å². The first kappa shape index (κ1) is 28.1. The van der Waals surface area contributed by atoms with Crippen LogP contribution >= 0.6 is 0 Å². The van der Waals surface area contributed by atoms with Crippen molar-refractivity contribution in [3.05, 3.63) is 28.8 Å². The molecule has 0 spiro atoms. The van der Waals surface area contributed by atoms with Gasteiger partial charge < -0.3 is 20.8 Å². The summed E-state index contributed by atoms with van der Waals surface area (Å²) in [6.07, 6.45) is 1.69. The number of nitrogens with two attached hydrogens (primary N) is 1. The number of hydrogen-bond donors (Lipinski definition) is 3. The number of aromatic hydroxyl groups is 1. The zero-order valence-corrected chi connectivity index (χ0v) is 22.8. The van der Waals surface area contributed by atoms with Gasteiger partial charge in [-0.2, -0.15) is 0 Å². The maximum absolute atomic E-state index is 14.2. The Labute approximate surface area is 222 Å². The molecule has 4 rings (SSSR count). The van der Waals surface area contributed by atoms with E-state index in [1.165, 1.54) is 17.9 Å². The van der Waals surface area contributed by atoms with Gasteiger partial charge in [0.05, 0.1) is 17.5 Å². The Morgan fingerprint density at radius 2 is 1.71 bits per heavy atom. The number of ketones is 4. The summed E-state index contributed by atoms with van der Waals surface area (Å²) < 4.78 is 0. The Balaban J connectivity index is 1.90. The number of fused-ring (bicyclic) bond motifs is 3. The summed E-state index contributed by atoms with van der Waals surface area (Å²) in [7, 11) is 7.08. The summed E-state index contributed by atoms with van der Waals surface area (Å²) in [4.78, 5) is 70.9. The number of hydrogen-bond acceptors (Lipinski definition) is 9. The number of nitrogens with zero attached hydrogens (tertiary/aromatic N) is 2. The van der Waals surface area contributed by atoms with E-state index in [4.69, 9.17) is 5.73 Å². The monoisotopic (exact) mass is 527 g/mol. The minimum absolute atomic E-state index is 0.0172. The van der Waals surface area contributed by atoms with Crippen molar-refractivity contribution < 1.29 is 34.2 Å². The average molecular weight is 528 g/mol. The number of likely N-dealkylation sites (N-methyl/N-ethyl adjacent to an activating group) is 1. The fourth-order valence-corrected chi connectivity index (χ4v) is 7.60. The lowest BCUT2D eigenvalue weighted by molar-refractivity contribution is -0.203. The molecule has 206 valence electrons. The van der Waals surface area contributed by atoms with E-state index in [9.17, 15) is 34.2 Å². The van der Waals surface area contributed by atoms with Gasteiger partial charge in [0.2, 0.25) is 5.91 Å². The molecule has 2 fully saturated rings. The third-order valence-corrected chi connectivity index (χ3v) is 9.02. The normalized spacial score (nSPS) is 34.8. The third kappa shape index (κ3) is 3.68. The number of aryl methyl sites for hydroxylation is 1. The Bertz CT molecular complexity index is 1260. The van der Waals surface area contributed by atoms with Gasteiger partial charge in [0.25, 0.3) is 0 Å². The summed E-state index contributed by atoms with van der Waals surface area (Å²) in [5.74, 6) is -8.70. The molecule has 0 bridgehead atoms. The van der Waals surface area contributed by atoms with Crippen molar-refractivity contribution in [1.82, 2.24) is 9.80 Å². The molecule has 2 unspecified atom stereocenters. The zero-order valence-electron chi connectivity index (χ0n) is 22.8. The molecule has 0 saturated heterocycles. The van der Waals surface area contributed by atoms with Crippen LogP contribution in [0.5, 0.6) is 5.75 Å². The number of phenolic OH excluding ortho intramolecular Hbond substituents is 1. The van der Waals surface area contributed by atoms with E-state index in [0.29, 0.717) is 12.0 Å². The molecule has 0 radical (unpaired) electrons. The fraction of sp³-hybridized carbons (Fsp3) is 0.607. The van der Waals surface area contributed by atoms with E-state index in [1.54, 1.807) is 27.1 Å². The van der Waals surface area contributed by atoms with E-state index >= 15 is 0 Å². The lowest BCUT2D eigenvalue weighted by Crippen LogP contribution is -2.79. The van der Waals surface area contributed by atoms with Crippen molar-refractivity contribution in [2.45, 2.75) is 51.2 Å². The maximum Gasteiger partial charge on any atom is 0.235 e. The van der Waals surface area contributed by atoms with Crippen LogP contribution in [0.25, 0.3) is 0 Å². The number of aliphatic hydroxyl groups is 1. The van der Waals surface area contributed by atoms with Crippen LogP contribution in [0.15, 0.2) is 12.1 Å². The van der Waals surface area contributed by atoms with Gasteiger partial charge in [-0.15, -0.1) is 0 Å². The largest absolute Gasteiger partial charge is 0.507 e. The highest BCUT2D eigenvalue weighted by Crippen LogP contribution is 2.61. The Hall–Kier alpha value is -2.95. The Morgan fingerprint density at radius 1 is 1.08 bits per heavy atom. The second kappa shape index (κ2) is 9.07. The van der Waals surface area contributed by atoms with E-state index in [0.717, 1.165) is 18.5 Å². The molecule has 10 heteroatoms. The van der Waals surface area contributed by atoms with Gasteiger partial charge in [0.1, 0.15) is 5.75 Å².